The standard InChI is InChI=1S/C18H15NO3/c1-11-9-14(11)16-8-7-13(21-16)10-15-18(20)22-17(19-15)12-5-3-2-4-6-12/h2-8,10-11,14H,9H2,1H3/b15-10-/t11-,14+/m0/s1. The second-order valence-electron chi connectivity index (χ2n) is 5.76. The third kappa shape index (κ3) is 2.37. The molecule has 0 bridgehead atoms. The van der Waals surface area contributed by atoms with Crippen LogP contribution in [-0.2, 0) is 9.53 Å². The molecule has 1 aliphatic heterocycles. The van der Waals surface area contributed by atoms with E-state index >= 15 is 0 Å². The highest BCUT2D eigenvalue weighted by atomic mass is 16.6. The number of esters is 1. The largest absolute Gasteiger partial charge is 0.461 e. The molecule has 4 nitrogen and oxygen atoms in total. The number of furan rings is 1. The Balaban J connectivity index is 1.60. The van der Waals surface area contributed by atoms with Crippen molar-refractivity contribution in [2.75, 3.05) is 0 Å². The van der Waals surface area contributed by atoms with Crippen molar-refractivity contribution in [3.05, 3.63) is 65.2 Å². The summed E-state index contributed by atoms with van der Waals surface area (Å²) >= 11 is 0. The van der Waals surface area contributed by atoms with Crippen LogP contribution < -0.4 is 0 Å². The van der Waals surface area contributed by atoms with Crippen LogP contribution in [-0.4, -0.2) is 11.9 Å². The molecule has 2 aromatic rings. The lowest BCUT2D eigenvalue weighted by Gasteiger charge is -1.97. The molecule has 110 valence electrons. The fourth-order valence-electron chi connectivity index (χ4n) is 2.61. The van der Waals surface area contributed by atoms with Gasteiger partial charge in [0.05, 0.1) is 0 Å². The zero-order valence-corrected chi connectivity index (χ0v) is 12.2. The van der Waals surface area contributed by atoms with E-state index < -0.39 is 5.97 Å². The molecule has 4 heteroatoms. The van der Waals surface area contributed by atoms with Crippen molar-refractivity contribution in [2.24, 2.45) is 10.9 Å². The van der Waals surface area contributed by atoms with E-state index in [4.69, 9.17) is 9.15 Å². The Morgan fingerprint density at radius 3 is 2.68 bits per heavy atom. The molecule has 2 heterocycles. The second-order valence-corrected chi connectivity index (χ2v) is 5.76. The normalized spacial score (nSPS) is 25.2. The maximum atomic E-state index is 11.9. The van der Waals surface area contributed by atoms with Gasteiger partial charge in [-0.1, -0.05) is 25.1 Å². The molecule has 1 fully saturated rings. The number of hydrogen-bond donors (Lipinski definition) is 0. The zero-order valence-electron chi connectivity index (χ0n) is 12.2. The minimum absolute atomic E-state index is 0.267. The Labute approximate surface area is 128 Å². The number of carbonyl (C=O) groups excluding carboxylic acids is 1. The number of benzene rings is 1. The summed E-state index contributed by atoms with van der Waals surface area (Å²) in [6, 6.07) is 13.2. The maximum Gasteiger partial charge on any atom is 0.363 e. The lowest BCUT2D eigenvalue weighted by Crippen LogP contribution is -2.04. The molecule has 1 aromatic heterocycles. The highest BCUT2D eigenvalue weighted by molar-refractivity contribution is 6.12. The van der Waals surface area contributed by atoms with Crippen LogP contribution in [0.3, 0.4) is 0 Å². The van der Waals surface area contributed by atoms with E-state index in [1.54, 1.807) is 6.08 Å². The van der Waals surface area contributed by atoms with Crippen molar-refractivity contribution < 1.29 is 13.9 Å². The third-order valence-electron chi connectivity index (χ3n) is 4.04. The number of rotatable bonds is 3. The molecule has 1 aromatic carbocycles. The number of cyclic esters (lactones) is 1. The van der Waals surface area contributed by atoms with Crippen molar-refractivity contribution in [1.29, 1.82) is 0 Å². The number of nitrogens with zero attached hydrogens (tertiary/aromatic N) is 1. The molecule has 2 aliphatic rings. The summed E-state index contributed by atoms with van der Waals surface area (Å²) in [5.74, 6) is 2.71. The highest BCUT2D eigenvalue weighted by Crippen LogP contribution is 2.47. The van der Waals surface area contributed by atoms with Gasteiger partial charge in [0.2, 0.25) is 5.90 Å². The summed E-state index contributed by atoms with van der Waals surface area (Å²) in [5.41, 5.74) is 1.05. The SMILES string of the molecule is C[C@H]1C[C@H]1c1ccc(/C=C2\N=C(c3ccccc3)OC2=O)o1. The van der Waals surface area contributed by atoms with Crippen LogP contribution in [0.2, 0.25) is 0 Å². The lowest BCUT2D eigenvalue weighted by atomic mass is 10.2. The van der Waals surface area contributed by atoms with Gasteiger partial charge in [0.25, 0.3) is 0 Å². The minimum atomic E-state index is -0.448. The summed E-state index contributed by atoms with van der Waals surface area (Å²) in [5, 5.41) is 0. The van der Waals surface area contributed by atoms with Gasteiger partial charge in [-0.15, -0.1) is 0 Å². The second kappa shape index (κ2) is 4.98. The fraction of sp³-hybridized carbons (Fsp3) is 0.222. The molecule has 0 radical (unpaired) electrons. The average molecular weight is 293 g/mol. The Morgan fingerprint density at radius 2 is 1.95 bits per heavy atom. The molecular weight excluding hydrogens is 278 g/mol. The van der Waals surface area contributed by atoms with Crippen LogP contribution in [0.1, 0.15) is 36.3 Å². The van der Waals surface area contributed by atoms with Gasteiger partial charge in [-0.05, 0) is 36.6 Å². The number of carbonyl (C=O) groups is 1. The molecule has 22 heavy (non-hydrogen) atoms. The van der Waals surface area contributed by atoms with E-state index in [2.05, 4.69) is 11.9 Å². The van der Waals surface area contributed by atoms with Crippen LogP contribution in [0.5, 0.6) is 0 Å². The van der Waals surface area contributed by atoms with Crippen molar-refractivity contribution in [3.63, 3.8) is 0 Å². The average Bonchev–Trinajstić information content (AvgIpc) is 2.94. The van der Waals surface area contributed by atoms with E-state index in [9.17, 15) is 4.79 Å². The van der Waals surface area contributed by atoms with E-state index in [1.165, 1.54) is 6.42 Å². The minimum Gasteiger partial charge on any atom is -0.461 e. The summed E-state index contributed by atoms with van der Waals surface area (Å²) in [6.45, 7) is 2.20. The fourth-order valence-corrected chi connectivity index (χ4v) is 2.61. The maximum absolute atomic E-state index is 11.9. The summed E-state index contributed by atoms with van der Waals surface area (Å²) in [4.78, 5) is 16.2. The predicted molar refractivity (Wildman–Crippen MR) is 82.3 cm³/mol. The van der Waals surface area contributed by atoms with Gasteiger partial charge >= 0.3 is 5.97 Å². The van der Waals surface area contributed by atoms with Gasteiger partial charge in [0.1, 0.15) is 11.5 Å². The molecule has 0 saturated heterocycles. The first-order valence-electron chi connectivity index (χ1n) is 7.38. The van der Waals surface area contributed by atoms with Crippen LogP contribution >= 0.6 is 0 Å². The molecule has 0 N–H and O–H groups in total. The van der Waals surface area contributed by atoms with Gasteiger partial charge < -0.3 is 9.15 Å². The smallest absolute Gasteiger partial charge is 0.363 e. The van der Waals surface area contributed by atoms with Gasteiger partial charge in [-0.25, -0.2) is 9.79 Å². The van der Waals surface area contributed by atoms with Crippen molar-refractivity contribution in [2.45, 2.75) is 19.3 Å². The number of ether oxygens (including phenoxy) is 1. The van der Waals surface area contributed by atoms with Gasteiger partial charge in [0, 0.05) is 17.6 Å². The Hall–Kier alpha value is -2.62. The van der Waals surface area contributed by atoms with E-state index in [1.807, 2.05) is 42.5 Å². The molecule has 1 saturated carbocycles. The predicted octanol–water partition coefficient (Wildman–Crippen LogP) is 3.75. The van der Waals surface area contributed by atoms with E-state index in [-0.39, 0.29) is 5.70 Å². The van der Waals surface area contributed by atoms with Crippen LogP contribution in [0.25, 0.3) is 6.08 Å². The van der Waals surface area contributed by atoms with Gasteiger partial charge in [-0.2, -0.15) is 0 Å². The first kappa shape index (κ1) is 13.1. The van der Waals surface area contributed by atoms with Gasteiger partial charge in [0.15, 0.2) is 5.70 Å². The number of aliphatic imine (C=N–C) groups is 1. The summed E-state index contributed by atoms with van der Waals surface area (Å²) in [6.07, 6.45) is 2.80. The first-order valence-corrected chi connectivity index (χ1v) is 7.38. The quantitative estimate of drug-likeness (QED) is 0.639. The molecule has 2 atom stereocenters. The zero-order chi connectivity index (χ0) is 15.1. The van der Waals surface area contributed by atoms with E-state index in [0.29, 0.717) is 23.5 Å². The summed E-state index contributed by atoms with van der Waals surface area (Å²) < 4.78 is 11.0. The number of hydrogen-bond acceptors (Lipinski definition) is 4. The molecule has 1 aliphatic carbocycles. The van der Waals surface area contributed by atoms with Crippen molar-refractivity contribution in [3.8, 4) is 0 Å². The highest BCUT2D eigenvalue weighted by Gasteiger charge is 2.36. The Kier molecular flexibility index (Phi) is 2.96. The molecular formula is C18H15NO3. The third-order valence-corrected chi connectivity index (χ3v) is 4.04. The van der Waals surface area contributed by atoms with Crippen molar-refractivity contribution >= 4 is 17.9 Å². The first-order chi connectivity index (χ1) is 10.7. The van der Waals surface area contributed by atoms with Crippen molar-refractivity contribution in [1.82, 2.24) is 0 Å². The lowest BCUT2D eigenvalue weighted by molar-refractivity contribution is -0.129. The Morgan fingerprint density at radius 1 is 1.18 bits per heavy atom. The molecule has 0 spiro atoms. The van der Waals surface area contributed by atoms with Crippen LogP contribution in [0.15, 0.2) is 57.6 Å². The molecule has 4 rings (SSSR count). The topological polar surface area (TPSA) is 51.8 Å². The molecule has 0 unspecified atom stereocenters. The Bertz CT molecular complexity index is 786. The van der Waals surface area contributed by atoms with Crippen LogP contribution in [0.4, 0.5) is 0 Å². The summed E-state index contributed by atoms with van der Waals surface area (Å²) in [7, 11) is 0. The molecule has 0 amide bonds. The van der Waals surface area contributed by atoms with Crippen LogP contribution in [0, 0.1) is 5.92 Å². The van der Waals surface area contributed by atoms with Gasteiger partial charge in [-0.3, -0.25) is 0 Å². The van der Waals surface area contributed by atoms with E-state index in [0.717, 1.165) is 11.3 Å². The monoisotopic (exact) mass is 293 g/mol.